The lowest BCUT2D eigenvalue weighted by molar-refractivity contribution is 0.371. The number of rotatable bonds is 3. The van der Waals surface area contributed by atoms with E-state index >= 15 is 0 Å². The van der Waals surface area contributed by atoms with Crippen LogP contribution in [0.2, 0.25) is 0 Å². The summed E-state index contributed by atoms with van der Waals surface area (Å²) < 4.78 is 21.2. The van der Waals surface area contributed by atoms with Crippen LogP contribution in [0.4, 0.5) is 0 Å². The van der Waals surface area contributed by atoms with Crippen LogP contribution >= 0.6 is 0 Å². The second-order valence-electron chi connectivity index (χ2n) is 2.79. The third-order valence-electron chi connectivity index (χ3n) is 1.95. The van der Waals surface area contributed by atoms with Crippen LogP contribution in [0.1, 0.15) is 12.8 Å². The van der Waals surface area contributed by atoms with Crippen molar-refractivity contribution in [1.82, 2.24) is 10.0 Å². The van der Waals surface area contributed by atoms with Gasteiger partial charge in [0, 0.05) is 6.54 Å². The summed E-state index contributed by atoms with van der Waals surface area (Å²) in [6.45, 7) is 2.72. The lowest BCUT2D eigenvalue weighted by Gasteiger charge is -2.21. The van der Waals surface area contributed by atoms with Gasteiger partial charge >= 0.3 is 0 Å². The van der Waals surface area contributed by atoms with Crippen molar-refractivity contribution < 1.29 is 8.76 Å². The molecule has 1 rings (SSSR count). The van der Waals surface area contributed by atoms with Gasteiger partial charge in [0.15, 0.2) is 0 Å². The highest BCUT2D eigenvalue weighted by Crippen LogP contribution is 2.09. The number of piperidine rings is 1. The van der Waals surface area contributed by atoms with Crippen LogP contribution in [0.3, 0.4) is 0 Å². The van der Waals surface area contributed by atoms with Crippen LogP contribution in [0.15, 0.2) is 0 Å². The lowest BCUT2D eigenvalue weighted by atomic mass is 9.99. The Bertz CT molecular complexity index is 137. The molecule has 1 unspecified atom stereocenters. The predicted molar refractivity (Wildman–Crippen MR) is 44.4 cm³/mol. The molecule has 0 radical (unpaired) electrons. The van der Waals surface area contributed by atoms with Crippen molar-refractivity contribution in [2.45, 2.75) is 12.8 Å². The molecule has 1 heterocycles. The second kappa shape index (κ2) is 4.82. The van der Waals surface area contributed by atoms with E-state index in [1.54, 1.807) is 0 Å². The Morgan fingerprint density at radius 1 is 1.55 bits per heavy atom. The molecule has 0 aromatic rings. The van der Waals surface area contributed by atoms with Crippen LogP contribution in [0, 0.1) is 5.92 Å². The van der Waals surface area contributed by atoms with Gasteiger partial charge in [0.25, 0.3) is 0 Å². The molecule has 0 saturated carbocycles. The van der Waals surface area contributed by atoms with E-state index in [-0.39, 0.29) is 0 Å². The Balaban J connectivity index is 2.09. The SMILES string of the molecule is O=S(O)NCC1CCNCC1. The summed E-state index contributed by atoms with van der Waals surface area (Å²) in [6, 6.07) is 0. The summed E-state index contributed by atoms with van der Waals surface area (Å²) in [5.41, 5.74) is 0. The van der Waals surface area contributed by atoms with Crippen molar-refractivity contribution in [3.63, 3.8) is 0 Å². The maximum atomic E-state index is 10.2. The molecule has 0 aromatic heterocycles. The molecule has 0 bridgehead atoms. The van der Waals surface area contributed by atoms with Crippen LogP contribution < -0.4 is 10.0 Å². The summed E-state index contributed by atoms with van der Waals surface area (Å²) in [6.07, 6.45) is 2.20. The van der Waals surface area contributed by atoms with Crippen molar-refractivity contribution in [3.05, 3.63) is 0 Å². The van der Waals surface area contributed by atoms with Gasteiger partial charge in [0.2, 0.25) is 11.3 Å². The molecule has 1 fully saturated rings. The maximum Gasteiger partial charge on any atom is 0.231 e. The topological polar surface area (TPSA) is 61.4 Å². The first-order valence-electron chi connectivity index (χ1n) is 3.84. The zero-order valence-electron chi connectivity index (χ0n) is 6.38. The molecule has 0 aromatic carbocycles. The van der Waals surface area contributed by atoms with Gasteiger partial charge in [-0.2, -0.15) is 0 Å². The van der Waals surface area contributed by atoms with E-state index in [0.29, 0.717) is 12.5 Å². The molecule has 1 aliphatic heterocycles. The lowest BCUT2D eigenvalue weighted by Crippen LogP contribution is -2.34. The van der Waals surface area contributed by atoms with Crippen LogP contribution in [-0.2, 0) is 11.3 Å². The third kappa shape index (κ3) is 3.81. The Hall–Kier alpha value is 0.0300. The zero-order chi connectivity index (χ0) is 8.10. The molecule has 1 aliphatic rings. The molecule has 1 saturated heterocycles. The molecule has 1 atom stereocenters. The number of nitrogens with one attached hydrogen (secondary N) is 2. The van der Waals surface area contributed by atoms with E-state index in [0.717, 1.165) is 25.9 Å². The van der Waals surface area contributed by atoms with Crippen LogP contribution in [-0.4, -0.2) is 28.4 Å². The summed E-state index contributed by atoms with van der Waals surface area (Å²) >= 11 is -1.84. The van der Waals surface area contributed by atoms with Crippen molar-refractivity contribution in [2.75, 3.05) is 19.6 Å². The molecule has 4 nitrogen and oxygen atoms in total. The Morgan fingerprint density at radius 2 is 2.18 bits per heavy atom. The van der Waals surface area contributed by atoms with E-state index in [4.69, 9.17) is 4.55 Å². The van der Waals surface area contributed by atoms with Crippen molar-refractivity contribution in [3.8, 4) is 0 Å². The van der Waals surface area contributed by atoms with Gasteiger partial charge in [-0.3, -0.25) is 4.55 Å². The highest BCUT2D eigenvalue weighted by atomic mass is 32.2. The molecular formula is C6H14N2O2S. The summed E-state index contributed by atoms with van der Waals surface area (Å²) in [7, 11) is 0. The highest BCUT2D eigenvalue weighted by molar-refractivity contribution is 7.77. The molecular weight excluding hydrogens is 164 g/mol. The monoisotopic (exact) mass is 178 g/mol. The Kier molecular flexibility index (Phi) is 3.99. The third-order valence-corrected chi connectivity index (χ3v) is 2.37. The van der Waals surface area contributed by atoms with Crippen LogP contribution in [0.25, 0.3) is 0 Å². The average molecular weight is 178 g/mol. The first-order valence-corrected chi connectivity index (χ1v) is 4.95. The predicted octanol–water partition coefficient (Wildman–Crippen LogP) is -0.288. The fourth-order valence-electron chi connectivity index (χ4n) is 1.27. The minimum atomic E-state index is -1.84. The van der Waals surface area contributed by atoms with Crippen molar-refractivity contribution in [2.24, 2.45) is 5.92 Å². The minimum absolute atomic E-state index is 0.562. The first-order chi connectivity index (χ1) is 5.29. The van der Waals surface area contributed by atoms with E-state index in [1.807, 2.05) is 0 Å². The van der Waals surface area contributed by atoms with Gasteiger partial charge in [-0.05, 0) is 31.8 Å². The molecule has 0 spiro atoms. The smallest absolute Gasteiger partial charge is 0.231 e. The Labute approximate surface area is 69.2 Å². The normalized spacial score (nSPS) is 23.4. The van der Waals surface area contributed by atoms with E-state index < -0.39 is 11.3 Å². The van der Waals surface area contributed by atoms with Gasteiger partial charge in [-0.1, -0.05) is 0 Å². The van der Waals surface area contributed by atoms with E-state index in [1.165, 1.54) is 0 Å². The fraction of sp³-hybridized carbons (Fsp3) is 1.00. The number of hydrogen-bond donors (Lipinski definition) is 3. The molecule has 0 aliphatic carbocycles. The molecule has 11 heavy (non-hydrogen) atoms. The highest BCUT2D eigenvalue weighted by Gasteiger charge is 2.12. The van der Waals surface area contributed by atoms with E-state index in [9.17, 15) is 4.21 Å². The first kappa shape index (κ1) is 9.12. The molecule has 0 amide bonds. The molecule has 66 valence electrons. The van der Waals surface area contributed by atoms with Gasteiger partial charge in [0.05, 0.1) is 0 Å². The maximum absolute atomic E-state index is 10.2. The molecule has 3 N–H and O–H groups in total. The summed E-state index contributed by atoms with van der Waals surface area (Å²) in [4.78, 5) is 0. The quantitative estimate of drug-likeness (QED) is 0.521. The molecule has 5 heteroatoms. The minimum Gasteiger partial charge on any atom is -0.317 e. The van der Waals surface area contributed by atoms with Crippen molar-refractivity contribution >= 4 is 11.3 Å². The number of hydrogen-bond acceptors (Lipinski definition) is 2. The zero-order valence-corrected chi connectivity index (χ0v) is 7.19. The van der Waals surface area contributed by atoms with E-state index in [2.05, 4.69) is 10.0 Å². The second-order valence-corrected chi connectivity index (χ2v) is 3.58. The van der Waals surface area contributed by atoms with Gasteiger partial charge in [0.1, 0.15) is 0 Å². The fourth-order valence-corrected chi connectivity index (χ4v) is 1.65. The largest absolute Gasteiger partial charge is 0.317 e. The standard InChI is InChI=1S/C6H14N2O2S/c9-11(10)8-5-6-1-3-7-4-2-6/h6-8H,1-5H2,(H,9,10). The average Bonchev–Trinajstić information content (AvgIpc) is 2.03. The van der Waals surface area contributed by atoms with Gasteiger partial charge in [-0.25, -0.2) is 8.93 Å². The van der Waals surface area contributed by atoms with Crippen LogP contribution in [0.5, 0.6) is 0 Å². The Morgan fingerprint density at radius 3 is 2.73 bits per heavy atom. The van der Waals surface area contributed by atoms with Crippen molar-refractivity contribution in [1.29, 1.82) is 0 Å². The summed E-state index contributed by atoms with van der Waals surface area (Å²) in [5, 5.41) is 3.24. The summed E-state index contributed by atoms with van der Waals surface area (Å²) in [5.74, 6) is 0.562. The van der Waals surface area contributed by atoms with Gasteiger partial charge < -0.3 is 5.32 Å². The van der Waals surface area contributed by atoms with Gasteiger partial charge in [-0.15, -0.1) is 0 Å².